The Morgan fingerprint density at radius 3 is 2.65 bits per heavy atom. The summed E-state index contributed by atoms with van der Waals surface area (Å²) in [5.74, 6) is -2.90. The number of benzene rings is 1. The lowest BCUT2D eigenvalue weighted by atomic mass is 9.86. The van der Waals surface area contributed by atoms with Gasteiger partial charge in [0, 0.05) is 35.5 Å². The summed E-state index contributed by atoms with van der Waals surface area (Å²) >= 11 is 12.8. The number of ether oxygens (including phenoxy) is 1. The van der Waals surface area contributed by atoms with E-state index in [1.54, 1.807) is 18.3 Å². The van der Waals surface area contributed by atoms with Crippen molar-refractivity contribution in [3.63, 3.8) is 0 Å². The molecule has 180 valence electrons. The molecule has 0 bridgehead atoms. The van der Waals surface area contributed by atoms with E-state index < -0.39 is 18.1 Å². The zero-order valence-electron chi connectivity index (χ0n) is 17.9. The molecule has 12 heteroatoms. The summed E-state index contributed by atoms with van der Waals surface area (Å²) in [5.41, 5.74) is 1.64. The lowest BCUT2D eigenvalue weighted by Gasteiger charge is -2.43. The van der Waals surface area contributed by atoms with Crippen LogP contribution in [0.15, 0.2) is 24.5 Å². The molecule has 6 rings (SSSR count). The minimum Gasteiger partial charge on any atom is -0.378 e. The third-order valence-electron chi connectivity index (χ3n) is 6.88. The van der Waals surface area contributed by atoms with Crippen LogP contribution in [0.3, 0.4) is 0 Å². The van der Waals surface area contributed by atoms with Crippen molar-refractivity contribution in [2.24, 2.45) is 0 Å². The quantitative estimate of drug-likeness (QED) is 0.519. The highest BCUT2D eigenvalue weighted by atomic mass is 35.5. The van der Waals surface area contributed by atoms with Gasteiger partial charge in [-0.15, -0.1) is 0 Å². The molecule has 3 fully saturated rings. The maximum Gasteiger partial charge on any atom is 0.272 e. The number of aromatic nitrogens is 4. The maximum absolute atomic E-state index is 15.2. The van der Waals surface area contributed by atoms with E-state index in [1.165, 1.54) is 6.20 Å². The van der Waals surface area contributed by atoms with Gasteiger partial charge in [-0.1, -0.05) is 23.2 Å². The number of likely N-dealkylation sites (tertiary alicyclic amines) is 1. The number of fused-ring (bicyclic) bond motifs is 1. The second-order valence-electron chi connectivity index (χ2n) is 9.12. The lowest BCUT2D eigenvalue weighted by Crippen LogP contribution is -2.54. The van der Waals surface area contributed by atoms with Crippen molar-refractivity contribution in [3.8, 4) is 0 Å². The van der Waals surface area contributed by atoms with E-state index in [4.69, 9.17) is 27.9 Å². The summed E-state index contributed by atoms with van der Waals surface area (Å²) in [4.78, 5) is 10.9. The molecule has 0 spiro atoms. The Labute approximate surface area is 203 Å². The van der Waals surface area contributed by atoms with E-state index in [1.807, 2.05) is 0 Å². The Balaban J connectivity index is 1.24. The number of hydrogen-bond donors (Lipinski definition) is 1. The number of rotatable bonds is 5. The van der Waals surface area contributed by atoms with Gasteiger partial charge in [0.05, 0.1) is 36.7 Å². The summed E-state index contributed by atoms with van der Waals surface area (Å²) < 4.78 is 48.3. The number of nitrogens with zero attached hydrogens (tertiary/aromatic N) is 5. The van der Waals surface area contributed by atoms with E-state index in [-0.39, 0.29) is 23.4 Å². The van der Waals surface area contributed by atoms with Crippen molar-refractivity contribution >= 4 is 45.7 Å². The average Bonchev–Trinajstić information content (AvgIpc) is 3.24. The van der Waals surface area contributed by atoms with Gasteiger partial charge in [-0.25, -0.2) is 27.8 Å². The topological polar surface area (TPSA) is 68.1 Å². The molecule has 2 saturated heterocycles. The van der Waals surface area contributed by atoms with Crippen molar-refractivity contribution in [2.75, 3.05) is 31.6 Å². The van der Waals surface area contributed by atoms with Crippen molar-refractivity contribution in [2.45, 2.75) is 42.9 Å². The molecule has 34 heavy (non-hydrogen) atoms. The highest BCUT2D eigenvalue weighted by molar-refractivity contribution is 6.32. The van der Waals surface area contributed by atoms with Crippen LogP contribution in [0, 0.1) is 0 Å². The number of piperidine rings is 1. The number of nitrogens with one attached hydrogen (secondary N) is 1. The van der Waals surface area contributed by atoms with E-state index in [0.29, 0.717) is 53.8 Å². The smallest absolute Gasteiger partial charge is 0.272 e. The predicted octanol–water partition coefficient (Wildman–Crippen LogP) is 4.98. The van der Waals surface area contributed by atoms with Gasteiger partial charge in [0.15, 0.2) is 5.15 Å². The molecule has 1 saturated carbocycles. The van der Waals surface area contributed by atoms with E-state index in [0.717, 1.165) is 16.8 Å². The molecular weight excluding hydrogens is 492 g/mol. The molecule has 0 amide bonds. The van der Waals surface area contributed by atoms with Crippen molar-refractivity contribution < 1.29 is 17.9 Å². The standard InChI is InChI=1S/C22H21Cl2F3N6O/c23-15-3-11-6-28-21(31-18-7-29-33(20(18)24)19-5-22(19,26)27)30-17(11)4-14(15)13-1-2-32(8-16(13)25)12-9-34-10-12/h3-4,6-7,12-13,16,19H,1-2,5,8-10H2,(H,28,30,31). The fourth-order valence-corrected chi connectivity index (χ4v) is 5.26. The summed E-state index contributed by atoms with van der Waals surface area (Å²) in [7, 11) is 0. The van der Waals surface area contributed by atoms with Crippen LogP contribution >= 0.6 is 23.2 Å². The van der Waals surface area contributed by atoms with Crippen molar-refractivity contribution in [3.05, 3.63) is 40.3 Å². The van der Waals surface area contributed by atoms with Crippen LogP contribution in [-0.2, 0) is 4.74 Å². The number of hydrogen-bond acceptors (Lipinski definition) is 6. The molecule has 3 atom stereocenters. The minimum atomic E-state index is -2.79. The molecule has 7 nitrogen and oxygen atoms in total. The SMILES string of the molecule is FC1CN(C2COC2)CCC1c1cc2nc(Nc3cnn(C4CC4(F)F)c3Cl)ncc2cc1Cl. The summed E-state index contributed by atoms with van der Waals surface area (Å²) in [6, 6.07) is 2.82. The summed E-state index contributed by atoms with van der Waals surface area (Å²) in [5, 5.41) is 8.17. The lowest BCUT2D eigenvalue weighted by molar-refractivity contribution is -0.0806. The third kappa shape index (κ3) is 3.90. The first-order valence-corrected chi connectivity index (χ1v) is 11.9. The van der Waals surface area contributed by atoms with Gasteiger partial charge in [0.2, 0.25) is 5.95 Å². The van der Waals surface area contributed by atoms with E-state index >= 15 is 4.39 Å². The first-order valence-electron chi connectivity index (χ1n) is 11.1. The first kappa shape index (κ1) is 22.3. The summed E-state index contributed by atoms with van der Waals surface area (Å²) in [6.07, 6.45) is 2.28. The number of anilines is 2. The fourth-order valence-electron chi connectivity index (χ4n) is 4.69. The molecule has 3 aromatic rings. The molecule has 1 aliphatic carbocycles. The Morgan fingerprint density at radius 1 is 1.18 bits per heavy atom. The largest absolute Gasteiger partial charge is 0.378 e. The van der Waals surface area contributed by atoms with Crippen molar-refractivity contribution in [1.82, 2.24) is 24.6 Å². The normalized spacial score (nSPS) is 27.0. The number of halogens is 5. The Hall–Kier alpha value is -2.14. The zero-order chi connectivity index (χ0) is 23.6. The summed E-state index contributed by atoms with van der Waals surface area (Å²) in [6.45, 7) is 2.46. The molecule has 1 N–H and O–H groups in total. The molecule has 4 heterocycles. The molecule has 0 radical (unpaired) electrons. The fraction of sp³-hybridized carbons (Fsp3) is 0.500. The Morgan fingerprint density at radius 2 is 1.97 bits per heavy atom. The second-order valence-corrected chi connectivity index (χ2v) is 9.89. The van der Waals surface area contributed by atoms with Crippen molar-refractivity contribution in [1.29, 1.82) is 0 Å². The van der Waals surface area contributed by atoms with Gasteiger partial charge in [-0.3, -0.25) is 4.90 Å². The first-order chi connectivity index (χ1) is 16.3. The predicted molar refractivity (Wildman–Crippen MR) is 122 cm³/mol. The van der Waals surface area contributed by atoms with Crippen LogP contribution in [-0.4, -0.2) is 69.1 Å². The molecule has 1 aromatic carbocycles. The Bertz CT molecular complexity index is 1250. The maximum atomic E-state index is 15.2. The molecular formula is C22H21Cl2F3N6O. The highest BCUT2D eigenvalue weighted by Gasteiger charge is 2.59. The van der Waals surface area contributed by atoms with Crippen LogP contribution in [0.4, 0.5) is 24.8 Å². The van der Waals surface area contributed by atoms with Crippen LogP contribution in [0.25, 0.3) is 10.9 Å². The average molecular weight is 513 g/mol. The van der Waals surface area contributed by atoms with Gasteiger partial charge < -0.3 is 10.1 Å². The molecule has 3 aliphatic rings. The molecule has 2 aliphatic heterocycles. The molecule has 2 aromatic heterocycles. The van der Waals surface area contributed by atoms with Crippen LogP contribution in [0.5, 0.6) is 0 Å². The van der Waals surface area contributed by atoms with Crippen LogP contribution < -0.4 is 5.32 Å². The van der Waals surface area contributed by atoms with Gasteiger partial charge in [0.1, 0.15) is 12.2 Å². The van der Waals surface area contributed by atoms with Gasteiger partial charge in [-0.05, 0) is 30.7 Å². The van der Waals surface area contributed by atoms with Crippen LogP contribution in [0.1, 0.15) is 30.4 Å². The zero-order valence-corrected chi connectivity index (χ0v) is 19.4. The number of alkyl halides is 3. The third-order valence-corrected chi connectivity index (χ3v) is 7.58. The molecule has 3 unspecified atom stereocenters. The second kappa shape index (κ2) is 8.22. The van der Waals surface area contributed by atoms with E-state index in [2.05, 4.69) is 25.3 Å². The van der Waals surface area contributed by atoms with Crippen LogP contribution in [0.2, 0.25) is 10.2 Å². The Kier molecular flexibility index (Phi) is 5.40. The highest BCUT2D eigenvalue weighted by Crippen LogP contribution is 2.53. The van der Waals surface area contributed by atoms with Gasteiger partial charge in [0.25, 0.3) is 5.92 Å². The van der Waals surface area contributed by atoms with Gasteiger partial charge >= 0.3 is 0 Å². The monoisotopic (exact) mass is 512 g/mol. The minimum absolute atomic E-state index is 0.0616. The van der Waals surface area contributed by atoms with Gasteiger partial charge in [-0.2, -0.15) is 5.10 Å². The van der Waals surface area contributed by atoms with E-state index in [9.17, 15) is 8.78 Å².